The normalized spacial score (nSPS) is 12.3. The van der Waals surface area contributed by atoms with Gasteiger partial charge < -0.3 is 15.4 Å². The van der Waals surface area contributed by atoms with E-state index in [0.29, 0.717) is 27.6 Å². The Hall–Kier alpha value is -4.39. The third-order valence-corrected chi connectivity index (χ3v) is 6.27. The van der Waals surface area contributed by atoms with E-state index in [1.165, 1.54) is 23.7 Å². The molecule has 2 amide bonds. The van der Waals surface area contributed by atoms with E-state index in [9.17, 15) is 14.4 Å². The van der Waals surface area contributed by atoms with Crippen LogP contribution in [-0.4, -0.2) is 59.1 Å². The zero-order valence-electron chi connectivity index (χ0n) is 22.5. The Bertz CT molecular complexity index is 1480. The molecule has 0 aliphatic heterocycles. The molecule has 0 radical (unpaired) electrons. The first kappa shape index (κ1) is 27.6. The Morgan fingerprint density at radius 3 is 2.56 bits per heavy atom. The molecule has 0 saturated heterocycles. The molecule has 39 heavy (non-hydrogen) atoms. The van der Waals surface area contributed by atoms with Crippen LogP contribution in [0.4, 0.5) is 10.5 Å². The molecule has 0 saturated carbocycles. The third kappa shape index (κ3) is 6.74. The first-order valence-corrected chi connectivity index (χ1v) is 13.1. The zero-order valence-corrected chi connectivity index (χ0v) is 23.3. The van der Waals surface area contributed by atoms with Gasteiger partial charge in [0, 0.05) is 36.6 Å². The van der Waals surface area contributed by atoms with Gasteiger partial charge in [-0.3, -0.25) is 19.3 Å². The molecule has 0 bridgehead atoms. The van der Waals surface area contributed by atoms with E-state index >= 15 is 0 Å². The summed E-state index contributed by atoms with van der Waals surface area (Å²) in [4.78, 5) is 47.1. The Kier molecular flexibility index (Phi) is 7.90. The number of nitrogens with one attached hydrogen (secondary N) is 2. The van der Waals surface area contributed by atoms with Crippen molar-refractivity contribution in [3.63, 3.8) is 0 Å². The van der Waals surface area contributed by atoms with Crippen molar-refractivity contribution in [1.82, 2.24) is 34.8 Å². The van der Waals surface area contributed by atoms with Crippen molar-refractivity contribution in [1.29, 1.82) is 0 Å². The van der Waals surface area contributed by atoms with E-state index < -0.39 is 29.6 Å². The number of nitrogens with zero attached hydrogens (tertiary/aromatic N) is 6. The molecule has 0 aromatic carbocycles. The number of aryl methyl sites for hydroxylation is 1. The molecule has 204 valence electrons. The molecule has 12 nitrogen and oxygen atoms in total. The van der Waals surface area contributed by atoms with Gasteiger partial charge in [0.1, 0.15) is 28.0 Å². The number of hydrogen-bond donors (Lipinski definition) is 2. The van der Waals surface area contributed by atoms with Gasteiger partial charge in [0.05, 0.1) is 17.6 Å². The first-order chi connectivity index (χ1) is 18.4. The second-order valence-electron chi connectivity index (χ2n) is 10.2. The summed E-state index contributed by atoms with van der Waals surface area (Å²) in [5.41, 5.74) is 1.75. The molecule has 2 N–H and O–H groups in total. The molecule has 4 heterocycles. The van der Waals surface area contributed by atoms with Crippen LogP contribution in [0.1, 0.15) is 49.9 Å². The number of rotatable bonds is 7. The van der Waals surface area contributed by atoms with Crippen molar-refractivity contribution in [2.75, 3.05) is 5.32 Å². The highest BCUT2D eigenvalue weighted by Gasteiger charge is 2.29. The molecular weight excluding hydrogens is 520 g/mol. The van der Waals surface area contributed by atoms with Crippen molar-refractivity contribution in [2.24, 2.45) is 13.0 Å². The maximum Gasteiger partial charge on any atom is 0.408 e. The van der Waals surface area contributed by atoms with Crippen LogP contribution < -0.4 is 10.6 Å². The van der Waals surface area contributed by atoms with Gasteiger partial charge in [-0.05, 0) is 38.8 Å². The Labute approximate surface area is 229 Å². The summed E-state index contributed by atoms with van der Waals surface area (Å²) in [7, 11) is 1.76. The predicted octanol–water partition coefficient (Wildman–Crippen LogP) is 4.24. The molecule has 0 spiro atoms. The average molecular weight is 551 g/mol. The van der Waals surface area contributed by atoms with Gasteiger partial charge in [-0.2, -0.15) is 10.2 Å². The molecule has 0 fully saturated rings. The highest BCUT2D eigenvalue weighted by molar-refractivity contribution is 7.13. The Morgan fingerprint density at radius 1 is 1.13 bits per heavy atom. The lowest BCUT2D eigenvalue weighted by Crippen LogP contribution is -2.48. The molecule has 0 aliphatic carbocycles. The van der Waals surface area contributed by atoms with Crippen molar-refractivity contribution in [3.8, 4) is 22.0 Å². The van der Waals surface area contributed by atoms with Gasteiger partial charge in [-0.25, -0.2) is 14.5 Å². The summed E-state index contributed by atoms with van der Waals surface area (Å²) in [6.45, 7) is 8.88. The van der Waals surface area contributed by atoms with Crippen molar-refractivity contribution in [2.45, 2.75) is 46.3 Å². The van der Waals surface area contributed by atoms with Crippen LogP contribution in [0.25, 0.3) is 22.0 Å². The number of pyridine rings is 1. The summed E-state index contributed by atoms with van der Waals surface area (Å²) < 4.78 is 8.05. The monoisotopic (exact) mass is 550 g/mol. The number of aromatic nitrogens is 6. The lowest BCUT2D eigenvalue weighted by molar-refractivity contribution is 0.0461. The lowest BCUT2D eigenvalue weighted by Gasteiger charge is -2.24. The van der Waals surface area contributed by atoms with E-state index in [1.807, 2.05) is 26.0 Å². The van der Waals surface area contributed by atoms with Crippen molar-refractivity contribution < 1.29 is 19.1 Å². The van der Waals surface area contributed by atoms with Crippen LogP contribution in [0.3, 0.4) is 0 Å². The molecule has 4 rings (SSSR count). The van der Waals surface area contributed by atoms with Crippen LogP contribution in [0.5, 0.6) is 0 Å². The number of anilines is 1. The van der Waals surface area contributed by atoms with Gasteiger partial charge in [0.2, 0.25) is 0 Å². The number of hydrogen-bond acceptors (Lipinski definition) is 9. The van der Waals surface area contributed by atoms with Gasteiger partial charge in [-0.1, -0.05) is 19.9 Å². The molecule has 4 aromatic rings. The maximum atomic E-state index is 13.1. The third-order valence-electron chi connectivity index (χ3n) is 5.38. The summed E-state index contributed by atoms with van der Waals surface area (Å²) in [5, 5.41) is 16.2. The van der Waals surface area contributed by atoms with E-state index in [4.69, 9.17) is 4.74 Å². The lowest BCUT2D eigenvalue weighted by atomic mass is 10.0. The number of alkyl carbamates (subject to hydrolysis) is 1. The van der Waals surface area contributed by atoms with Crippen molar-refractivity contribution in [3.05, 3.63) is 54.1 Å². The van der Waals surface area contributed by atoms with E-state index in [1.54, 1.807) is 56.3 Å². The number of thiazole rings is 1. The number of amides is 2. The quantitative estimate of drug-likeness (QED) is 0.347. The fourth-order valence-corrected chi connectivity index (χ4v) is 4.39. The first-order valence-electron chi connectivity index (χ1n) is 12.2. The minimum atomic E-state index is -0.849. The van der Waals surface area contributed by atoms with Crippen LogP contribution in [0, 0.1) is 5.92 Å². The van der Waals surface area contributed by atoms with E-state index in [2.05, 4.69) is 30.8 Å². The minimum Gasteiger partial charge on any atom is -0.444 e. The smallest absolute Gasteiger partial charge is 0.408 e. The zero-order chi connectivity index (χ0) is 28.3. The van der Waals surface area contributed by atoms with Gasteiger partial charge >= 0.3 is 6.09 Å². The topological polar surface area (TPSA) is 146 Å². The van der Waals surface area contributed by atoms with Gasteiger partial charge in [0.15, 0.2) is 0 Å². The molecular formula is C26H30N8O4S. The fraction of sp³-hybridized carbons (Fsp3) is 0.346. The highest BCUT2D eigenvalue weighted by atomic mass is 32.1. The van der Waals surface area contributed by atoms with Crippen LogP contribution >= 0.6 is 11.3 Å². The summed E-state index contributed by atoms with van der Waals surface area (Å²) >= 11 is 1.24. The summed E-state index contributed by atoms with van der Waals surface area (Å²) in [5.74, 6) is -1.04. The summed E-state index contributed by atoms with van der Waals surface area (Å²) in [6.07, 6.45) is 5.68. The van der Waals surface area contributed by atoms with Gasteiger partial charge in [0.25, 0.3) is 11.8 Å². The van der Waals surface area contributed by atoms with Gasteiger partial charge in [-0.15, -0.1) is 11.3 Å². The maximum absolute atomic E-state index is 13.1. The van der Waals surface area contributed by atoms with Crippen LogP contribution in [0.2, 0.25) is 0 Å². The second-order valence-corrected chi connectivity index (χ2v) is 11.0. The van der Waals surface area contributed by atoms with Crippen molar-refractivity contribution >= 4 is 34.9 Å². The fourth-order valence-electron chi connectivity index (χ4n) is 3.61. The second kappa shape index (κ2) is 11.2. The average Bonchev–Trinajstić information content (AvgIpc) is 3.61. The molecule has 4 aromatic heterocycles. The number of ether oxygens (including phenoxy) is 1. The minimum absolute atomic E-state index is 0.205. The van der Waals surface area contributed by atoms with E-state index in [0.717, 1.165) is 4.68 Å². The molecule has 13 heteroatoms. The Balaban J connectivity index is 1.47. The molecule has 1 atom stereocenters. The largest absolute Gasteiger partial charge is 0.444 e. The SMILES string of the molecule is CC(C)C(NC(=O)OC(C)(C)C)C(=O)n1cc(-c2nc(C(=O)Nc3cn(C)nc3-c3ccccn3)cs2)cn1. The van der Waals surface area contributed by atoms with E-state index in [-0.39, 0.29) is 11.6 Å². The van der Waals surface area contributed by atoms with Crippen LogP contribution in [-0.2, 0) is 11.8 Å². The van der Waals surface area contributed by atoms with Crippen LogP contribution in [0.15, 0.2) is 48.4 Å². The Morgan fingerprint density at radius 2 is 1.90 bits per heavy atom. The molecule has 1 unspecified atom stereocenters. The predicted molar refractivity (Wildman–Crippen MR) is 146 cm³/mol. The molecule has 0 aliphatic rings. The highest BCUT2D eigenvalue weighted by Crippen LogP contribution is 2.27. The standard InChI is InChI=1S/C26H30N8O4S/c1-15(2)20(31-25(37)38-26(3,4)5)24(36)34-12-16(11-28-34)23-30-19(14-39-23)22(35)29-18-13-33(6)32-21(18)17-9-7-8-10-27-17/h7-15,20H,1-6H3,(H,29,35)(H,31,37). The number of carbonyl (C=O) groups is 3. The number of carbonyl (C=O) groups excluding carboxylic acids is 3. The summed E-state index contributed by atoms with van der Waals surface area (Å²) in [6, 6.07) is 4.61.